The zero-order valence-electron chi connectivity index (χ0n) is 11.8. The Morgan fingerprint density at radius 2 is 2.23 bits per heavy atom. The Kier molecular flexibility index (Phi) is 3.85. The van der Waals surface area contributed by atoms with Gasteiger partial charge in [-0.2, -0.15) is 12.7 Å². The van der Waals surface area contributed by atoms with Crippen molar-refractivity contribution in [2.24, 2.45) is 11.1 Å². The molecular formula is C13H17N5O3S. The summed E-state index contributed by atoms with van der Waals surface area (Å²) in [6, 6.07) is 5.46. The van der Waals surface area contributed by atoms with E-state index < -0.39 is 16.1 Å². The van der Waals surface area contributed by atoms with E-state index in [1.165, 1.54) is 0 Å². The number of aromatic amines is 1. The van der Waals surface area contributed by atoms with Crippen molar-refractivity contribution in [1.82, 2.24) is 14.3 Å². The number of nitrogens with one attached hydrogen (secondary N) is 2. The minimum atomic E-state index is -3.75. The molecule has 3 rings (SSSR count). The summed E-state index contributed by atoms with van der Waals surface area (Å²) in [7, 11) is -3.75. The molecule has 0 bridgehead atoms. The summed E-state index contributed by atoms with van der Waals surface area (Å²) >= 11 is 0. The quantitative estimate of drug-likeness (QED) is 0.757. The van der Waals surface area contributed by atoms with Gasteiger partial charge in [0.1, 0.15) is 11.5 Å². The molecule has 2 aromatic rings. The first kappa shape index (κ1) is 14.9. The number of rotatable bonds is 3. The summed E-state index contributed by atoms with van der Waals surface area (Å²) in [5, 5.41) is 8.81. The van der Waals surface area contributed by atoms with Crippen molar-refractivity contribution in [3.05, 3.63) is 24.4 Å². The lowest BCUT2D eigenvalue weighted by Crippen LogP contribution is -2.46. The van der Waals surface area contributed by atoms with Gasteiger partial charge in [0.05, 0.1) is 5.92 Å². The molecular weight excluding hydrogens is 306 g/mol. The van der Waals surface area contributed by atoms with Crippen LogP contribution in [0.3, 0.4) is 0 Å². The molecule has 1 aliphatic heterocycles. The van der Waals surface area contributed by atoms with Crippen LogP contribution in [0.1, 0.15) is 12.8 Å². The summed E-state index contributed by atoms with van der Waals surface area (Å²) in [6.45, 7) is 0.463. The molecule has 22 heavy (non-hydrogen) atoms. The monoisotopic (exact) mass is 323 g/mol. The molecule has 1 aliphatic rings. The van der Waals surface area contributed by atoms with Gasteiger partial charge in [0.25, 0.3) is 10.2 Å². The van der Waals surface area contributed by atoms with E-state index in [0.29, 0.717) is 30.9 Å². The Morgan fingerprint density at radius 1 is 1.41 bits per heavy atom. The zero-order chi connectivity index (χ0) is 15.7. The Bertz CT molecular complexity index is 801. The smallest absolute Gasteiger partial charge is 0.276 e. The normalized spacial score (nSPS) is 20.1. The van der Waals surface area contributed by atoms with Crippen molar-refractivity contribution in [2.45, 2.75) is 12.8 Å². The highest BCUT2D eigenvalue weighted by atomic mass is 32.2. The maximum Gasteiger partial charge on any atom is 0.276 e. The molecule has 1 amide bonds. The lowest BCUT2D eigenvalue weighted by Gasteiger charge is -2.29. The summed E-state index contributed by atoms with van der Waals surface area (Å²) in [4.78, 5) is 19.6. The van der Waals surface area contributed by atoms with Gasteiger partial charge in [0.15, 0.2) is 0 Å². The Balaban J connectivity index is 1.70. The van der Waals surface area contributed by atoms with E-state index in [4.69, 9.17) is 5.14 Å². The van der Waals surface area contributed by atoms with E-state index in [9.17, 15) is 13.2 Å². The predicted molar refractivity (Wildman–Crippen MR) is 82.1 cm³/mol. The summed E-state index contributed by atoms with van der Waals surface area (Å²) < 4.78 is 23.9. The highest BCUT2D eigenvalue weighted by Crippen LogP contribution is 2.20. The lowest BCUT2D eigenvalue weighted by molar-refractivity contribution is -0.120. The minimum absolute atomic E-state index is 0.107. The van der Waals surface area contributed by atoms with E-state index in [2.05, 4.69) is 15.3 Å². The third kappa shape index (κ3) is 3.11. The van der Waals surface area contributed by atoms with Gasteiger partial charge in [-0.25, -0.2) is 10.1 Å². The molecule has 0 aromatic carbocycles. The van der Waals surface area contributed by atoms with Crippen molar-refractivity contribution < 1.29 is 13.2 Å². The maximum absolute atomic E-state index is 12.3. The number of H-pyrrole nitrogens is 1. The van der Waals surface area contributed by atoms with Gasteiger partial charge in [-0.3, -0.25) is 4.79 Å². The van der Waals surface area contributed by atoms with E-state index >= 15 is 0 Å². The molecule has 1 fully saturated rings. The number of nitrogens with zero attached hydrogens (tertiary/aromatic N) is 2. The second kappa shape index (κ2) is 5.67. The van der Waals surface area contributed by atoms with Gasteiger partial charge in [-0.1, -0.05) is 0 Å². The van der Waals surface area contributed by atoms with Crippen LogP contribution < -0.4 is 10.5 Å². The predicted octanol–water partition coefficient (Wildman–Crippen LogP) is 0.417. The number of hydrogen-bond donors (Lipinski definition) is 3. The van der Waals surface area contributed by atoms with Crippen LogP contribution in [-0.4, -0.2) is 41.7 Å². The Hall–Kier alpha value is -1.97. The molecule has 0 radical (unpaired) electrons. The van der Waals surface area contributed by atoms with Gasteiger partial charge in [-0.05, 0) is 31.0 Å². The van der Waals surface area contributed by atoms with Gasteiger partial charge >= 0.3 is 0 Å². The fourth-order valence-corrected chi connectivity index (χ4v) is 3.39. The van der Waals surface area contributed by atoms with Crippen LogP contribution in [-0.2, 0) is 15.0 Å². The van der Waals surface area contributed by atoms with E-state index in [0.717, 1.165) is 9.69 Å². The van der Waals surface area contributed by atoms with Crippen molar-refractivity contribution in [3.8, 4) is 0 Å². The molecule has 3 heterocycles. The molecule has 9 heteroatoms. The second-order valence-electron chi connectivity index (χ2n) is 5.34. The fraction of sp³-hybridized carbons (Fsp3) is 0.385. The number of anilines is 1. The minimum Gasteiger partial charge on any atom is -0.346 e. The molecule has 0 aliphatic carbocycles. The molecule has 1 atom stereocenters. The van der Waals surface area contributed by atoms with Crippen LogP contribution in [0.2, 0.25) is 0 Å². The first-order valence-corrected chi connectivity index (χ1v) is 8.47. The first-order valence-electron chi connectivity index (χ1n) is 6.96. The number of amides is 1. The molecule has 1 unspecified atom stereocenters. The number of carbonyl (C=O) groups is 1. The first-order chi connectivity index (χ1) is 10.4. The largest absolute Gasteiger partial charge is 0.346 e. The molecule has 0 saturated carbocycles. The van der Waals surface area contributed by atoms with Crippen molar-refractivity contribution in [3.63, 3.8) is 0 Å². The number of aromatic nitrogens is 2. The maximum atomic E-state index is 12.3. The third-order valence-corrected chi connectivity index (χ3v) is 4.83. The fourth-order valence-electron chi connectivity index (χ4n) is 2.62. The molecule has 0 spiro atoms. The van der Waals surface area contributed by atoms with Gasteiger partial charge in [-0.15, -0.1) is 0 Å². The van der Waals surface area contributed by atoms with Crippen molar-refractivity contribution in [1.29, 1.82) is 0 Å². The number of hydrogen-bond acceptors (Lipinski definition) is 4. The SMILES string of the molecule is NS(=O)(=O)N1CCCC(C(=O)Nc2ccc3cc[nH]c3n2)C1. The molecule has 2 aromatic heterocycles. The highest BCUT2D eigenvalue weighted by Gasteiger charge is 2.30. The topological polar surface area (TPSA) is 121 Å². The van der Waals surface area contributed by atoms with Crippen molar-refractivity contribution >= 4 is 33.0 Å². The van der Waals surface area contributed by atoms with Gasteiger partial charge < -0.3 is 10.3 Å². The van der Waals surface area contributed by atoms with E-state index in [1.54, 1.807) is 12.3 Å². The number of piperidine rings is 1. The number of nitrogens with two attached hydrogens (primary N) is 1. The lowest BCUT2D eigenvalue weighted by atomic mass is 9.99. The van der Waals surface area contributed by atoms with Gasteiger partial charge in [0, 0.05) is 24.7 Å². The van der Waals surface area contributed by atoms with Crippen LogP contribution in [0.25, 0.3) is 11.0 Å². The molecule has 1 saturated heterocycles. The summed E-state index contributed by atoms with van der Waals surface area (Å²) in [6.07, 6.45) is 3.01. The molecule has 118 valence electrons. The second-order valence-corrected chi connectivity index (χ2v) is 6.89. The Labute approximate surface area is 127 Å². The zero-order valence-corrected chi connectivity index (χ0v) is 12.6. The van der Waals surface area contributed by atoms with E-state index in [-0.39, 0.29) is 12.5 Å². The molecule has 8 nitrogen and oxygen atoms in total. The average molecular weight is 323 g/mol. The average Bonchev–Trinajstić information content (AvgIpc) is 2.94. The standard InChI is InChI=1S/C13H17N5O3S/c14-22(20,21)18-7-1-2-10(8-18)13(19)17-11-4-3-9-5-6-15-12(9)16-11/h3-6,10H,1-2,7-8H2,(H2,14,20,21)(H2,15,16,17,19). The van der Waals surface area contributed by atoms with E-state index in [1.807, 2.05) is 12.1 Å². The summed E-state index contributed by atoms with van der Waals surface area (Å²) in [5.41, 5.74) is 0.688. The van der Waals surface area contributed by atoms with Crippen LogP contribution in [0.15, 0.2) is 24.4 Å². The van der Waals surface area contributed by atoms with Crippen molar-refractivity contribution in [2.75, 3.05) is 18.4 Å². The highest BCUT2D eigenvalue weighted by molar-refractivity contribution is 7.86. The summed E-state index contributed by atoms with van der Waals surface area (Å²) in [5.74, 6) is -0.229. The molecule has 4 N–H and O–H groups in total. The number of fused-ring (bicyclic) bond motifs is 1. The van der Waals surface area contributed by atoms with Gasteiger partial charge in [0.2, 0.25) is 5.91 Å². The Morgan fingerprint density at radius 3 is 3.00 bits per heavy atom. The number of carbonyl (C=O) groups excluding carboxylic acids is 1. The van der Waals surface area contributed by atoms with Crippen LogP contribution in [0, 0.1) is 5.92 Å². The number of pyridine rings is 1. The van der Waals surface area contributed by atoms with Crippen LogP contribution in [0.4, 0.5) is 5.82 Å². The van der Waals surface area contributed by atoms with Crippen LogP contribution >= 0.6 is 0 Å². The van der Waals surface area contributed by atoms with Crippen LogP contribution in [0.5, 0.6) is 0 Å². The third-order valence-electron chi connectivity index (χ3n) is 3.78.